The molecule has 2 heterocycles. The molecule has 2 aromatic rings. The lowest BCUT2D eigenvalue weighted by molar-refractivity contribution is 0.599. The number of pyridine rings is 1. The Bertz CT molecular complexity index is 672. The van der Waals surface area contributed by atoms with Crippen molar-refractivity contribution in [1.29, 1.82) is 0 Å². The number of nitrogen functional groups attached to an aromatic ring is 1. The van der Waals surface area contributed by atoms with Gasteiger partial charge in [-0.05, 0) is 18.6 Å². The van der Waals surface area contributed by atoms with Crippen LogP contribution in [0.1, 0.15) is 12.5 Å². The molecule has 100 valence electrons. The van der Waals surface area contributed by atoms with Crippen molar-refractivity contribution >= 4 is 5.82 Å². The summed E-state index contributed by atoms with van der Waals surface area (Å²) in [7, 11) is 0. The Labute approximate surface area is 109 Å². The van der Waals surface area contributed by atoms with E-state index in [4.69, 9.17) is 5.84 Å². The Balaban J connectivity index is 2.37. The summed E-state index contributed by atoms with van der Waals surface area (Å²) in [5.74, 6) is 5.74. The van der Waals surface area contributed by atoms with E-state index >= 15 is 0 Å². The minimum atomic E-state index is -0.323. The molecule has 0 aromatic carbocycles. The first-order valence-corrected chi connectivity index (χ1v) is 5.87. The molecule has 2 rings (SSSR count). The number of hydrogen-bond donors (Lipinski definition) is 2. The van der Waals surface area contributed by atoms with Gasteiger partial charge in [-0.2, -0.15) is 0 Å². The van der Waals surface area contributed by atoms with Crippen molar-refractivity contribution in [3.63, 3.8) is 0 Å². The molecule has 7 heteroatoms. The highest BCUT2D eigenvalue weighted by Crippen LogP contribution is 2.03. The first-order chi connectivity index (χ1) is 9.15. The monoisotopic (exact) mass is 261 g/mol. The van der Waals surface area contributed by atoms with Crippen LogP contribution in [0.5, 0.6) is 0 Å². The van der Waals surface area contributed by atoms with E-state index in [0.29, 0.717) is 12.4 Å². The van der Waals surface area contributed by atoms with Crippen molar-refractivity contribution in [2.75, 3.05) is 5.43 Å². The maximum absolute atomic E-state index is 12.0. The van der Waals surface area contributed by atoms with Gasteiger partial charge in [0.25, 0.3) is 5.56 Å². The minimum absolute atomic E-state index is 0.191. The van der Waals surface area contributed by atoms with Crippen molar-refractivity contribution in [2.24, 2.45) is 5.84 Å². The number of hydrazine groups is 1. The van der Waals surface area contributed by atoms with Crippen molar-refractivity contribution in [2.45, 2.75) is 20.0 Å². The Morgan fingerprint density at radius 1 is 1.32 bits per heavy atom. The Morgan fingerprint density at radius 2 is 2.11 bits per heavy atom. The first kappa shape index (κ1) is 13.0. The van der Waals surface area contributed by atoms with Gasteiger partial charge in [0.05, 0.1) is 6.54 Å². The Kier molecular flexibility index (Phi) is 3.76. The molecule has 0 bridgehead atoms. The number of hydrogen-bond acceptors (Lipinski definition) is 5. The van der Waals surface area contributed by atoms with Crippen molar-refractivity contribution in [3.8, 4) is 0 Å². The molecule has 0 aliphatic rings. The number of aromatic nitrogens is 3. The van der Waals surface area contributed by atoms with E-state index < -0.39 is 0 Å². The van der Waals surface area contributed by atoms with Gasteiger partial charge < -0.3 is 9.99 Å². The molecule has 0 saturated heterocycles. The van der Waals surface area contributed by atoms with E-state index in [0.717, 1.165) is 5.56 Å². The fourth-order valence-electron chi connectivity index (χ4n) is 1.73. The van der Waals surface area contributed by atoms with Crippen molar-refractivity contribution < 1.29 is 0 Å². The topological polar surface area (TPSA) is 94.9 Å². The molecule has 2 aromatic heterocycles. The average Bonchev–Trinajstić information content (AvgIpc) is 2.44. The number of nitrogens with zero attached hydrogens (tertiary/aromatic N) is 3. The molecule has 0 unspecified atom stereocenters. The summed E-state index contributed by atoms with van der Waals surface area (Å²) in [6.07, 6.45) is 3.07. The second kappa shape index (κ2) is 5.49. The van der Waals surface area contributed by atoms with Gasteiger partial charge >= 0.3 is 5.69 Å². The second-order valence-corrected chi connectivity index (χ2v) is 4.00. The molecule has 7 nitrogen and oxygen atoms in total. The lowest BCUT2D eigenvalue weighted by Crippen LogP contribution is -2.39. The third kappa shape index (κ3) is 2.71. The van der Waals surface area contributed by atoms with Crippen LogP contribution in [0, 0.1) is 0 Å². The molecule has 0 saturated carbocycles. The zero-order chi connectivity index (χ0) is 13.8. The van der Waals surface area contributed by atoms with Crippen LogP contribution in [-0.4, -0.2) is 14.1 Å². The molecule has 0 atom stereocenters. The number of nitrogens with two attached hydrogens (primary N) is 1. The van der Waals surface area contributed by atoms with E-state index in [-0.39, 0.29) is 17.8 Å². The van der Waals surface area contributed by atoms with Gasteiger partial charge in [0.15, 0.2) is 0 Å². The molecule has 19 heavy (non-hydrogen) atoms. The molecule has 0 fully saturated rings. The molecule has 0 spiro atoms. The van der Waals surface area contributed by atoms with E-state index in [1.165, 1.54) is 21.4 Å². The van der Waals surface area contributed by atoms with Crippen LogP contribution < -0.4 is 22.5 Å². The van der Waals surface area contributed by atoms with Gasteiger partial charge in [-0.25, -0.2) is 15.6 Å². The molecule has 3 N–H and O–H groups in total. The maximum atomic E-state index is 12.0. The van der Waals surface area contributed by atoms with Gasteiger partial charge in [-0.1, -0.05) is 6.07 Å². The third-order valence-corrected chi connectivity index (χ3v) is 2.79. The summed E-state index contributed by atoms with van der Waals surface area (Å²) in [6, 6.07) is 4.83. The highest BCUT2D eigenvalue weighted by Gasteiger charge is 2.05. The number of anilines is 1. The summed E-state index contributed by atoms with van der Waals surface area (Å²) in [5, 5.41) is 0. The van der Waals surface area contributed by atoms with Crippen LogP contribution in [0.3, 0.4) is 0 Å². The summed E-state index contributed by atoms with van der Waals surface area (Å²) in [5.41, 5.74) is 2.52. The SMILES string of the molecule is CCn1ccc(=O)n(Cc2ccc(NN)nc2)c1=O. The largest absolute Gasteiger partial charge is 0.331 e. The Morgan fingerprint density at radius 3 is 2.68 bits per heavy atom. The molecular formula is C12H15N5O2. The van der Waals surface area contributed by atoms with Crippen molar-refractivity contribution in [1.82, 2.24) is 14.1 Å². The van der Waals surface area contributed by atoms with Crippen molar-refractivity contribution in [3.05, 3.63) is 57.0 Å². The van der Waals surface area contributed by atoms with Gasteiger partial charge in [0, 0.05) is 25.0 Å². The van der Waals surface area contributed by atoms with E-state index in [1.807, 2.05) is 6.92 Å². The van der Waals surface area contributed by atoms with Crippen LogP contribution in [0.2, 0.25) is 0 Å². The second-order valence-electron chi connectivity index (χ2n) is 4.00. The normalized spacial score (nSPS) is 10.4. The fraction of sp³-hybridized carbons (Fsp3) is 0.250. The van der Waals surface area contributed by atoms with Crippen LogP contribution in [0.15, 0.2) is 40.2 Å². The fourth-order valence-corrected chi connectivity index (χ4v) is 1.73. The van der Waals surface area contributed by atoms with E-state index in [9.17, 15) is 9.59 Å². The number of nitrogens with one attached hydrogen (secondary N) is 1. The van der Waals surface area contributed by atoms with Gasteiger partial charge in [0.2, 0.25) is 0 Å². The highest BCUT2D eigenvalue weighted by molar-refractivity contribution is 5.33. The van der Waals surface area contributed by atoms with Gasteiger partial charge in [-0.3, -0.25) is 9.36 Å². The predicted molar refractivity (Wildman–Crippen MR) is 71.8 cm³/mol. The van der Waals surface area contributed by atoms with Crippen LogP contribution in [-0.2, 0) is 13.1 Å². The van der Waals surface area contributed by atoms with E-state index in [1.54, 1.807) is 18.3 Å². The van der Waals surface area contributed by atoms with E-state index in [2.05, 4.69) is 10.4 Å². The van der Waals surface area contributed by atoms with Crippen LogP contribution in [0.25, 0.3) is 0 Å². The molecule has 0 radical (unpaired) electrons. The zero-order valence-electron chi connectivity index (χ0n) is 10.5. The van der Waals surface area contributed by atoms with Crippen LogP contribution >= 0.6 is 0 Å². The summed E-state index contributed by atoms with van der Waals surface area (Å²) < 4.78 is 2.65. The first-order valence-electron chi connectivity index (χ1n) is 5.87. The number of rotatable bonds is 4. The van der Waals surface area contributed by atoms with Crippen LogP contribution in [0.4, 0.5) is 5.82 Å². The standard InChI is InChI=1S/C12H15N5O2/c1-2-16-6-5-11(18)17(12(16)19)8-9-3-4-10(15-13)14-7-9/h3-7H,2,8,13H2,1H3,(H,14,15). The summed E-state index contributed by atoms with van der Waals surface area (Å²) >= 11 is 0. The molecular weight excluding hydrogens is 246 g/mol. The summed E-state index contributed by atoms with van der Waals surface area (Å²) in [6.45, 7) is 2.56. The lowest BCUT2D eigenvalue weighted by atomic mass is 10.3. The van der Waals surface area contributed by atoms with Gasteiger partial charge in [0.1, 0.15) is 5.82 Å². The Hall–Kier alpha value is -2.41. The number of aryl methyl sites for hydroxylation is 1. The summed E-state index contributed by atoms with van der Waals surface area (Å²) in [4.78, 5) is 27.8. The molecule has 0 aliphatic carbocycles. The third-order valence-electron chi connectivity index (χ3n) is 2.79. The smallest absolute Gasteiger partial charge is 0.308 e. The quantitative estimate of drug-likeness (QED) is 0.585. The lowest BCUT2D eigenvalue weighted by Gasteiger charge is -2.08. The maximum Gasteiger partial charge on any atom is 0.331 e. The molecule has 0 aliphatic heterocycles. The minimum Gasteiger partial charge on any atom is -0.308 e. The predicted octanol–water partition coefficient (Wildman–Crippen LogP) is -0.241. The highest BCUT2D eigenvalue weighted by atomic mass is 16.2. The zero-order valence-corrected chi connectivity index (χ0v) is 10.5. The van der Waals surface area contributed by atoms with Gasteiger partial charge in [-0.15, -0.1) is 0 Å². The molecule has 0 amide bonds. The average molecular weight is 261 g/mol.